The third-order valence-electron chi connectivity index (χ3n) is 4.87. The maximum atomic E-state index is 4.94. The molecular weight excluding hydrogens is 326 g/mol. The molecule has 1 saturated carbocycles. The maximum absolute atomic E-state index is 4.94. The van der Waals surface area contributed by atoms with Crippen molar-refractivity contribution in [3.63, 3.8) is 0 Å². The zero-order valence-corrected chi connectivity index (χ0v) is 13.9. The number of nitrogens with one attached hydrogen (secondary N) is 1. The summed E-state index contributed by atoms with van der Waals surface area (Å²) >= 11 is 3.56. The van der Waals surface area contributed by atoms with Gasteiger partial charge in [-0.15, -0.1) is 0 Å². The van der Waals surface area contributed by atoms with Crippen LogP contribution < -0.4 is 5.32 Å². The van der Waals surface area contributed by atoms with E-state index in [1.807, 2.05) is 0 Å². The van der Waals surface area contributed by atoms with E-state index in [9.17, 15) is 0 Å². The monoisotopic (exact) mass is 347 g/mol. The number of hydrogen-bond donors (Lipinski definition) is 1. The number of fused-ring (bicyclic) bond motifs is 1. The van der Waals surface area contributed by atoms with Crippen LogP contribution in [0.2, 0.25) is 0 Å². The first-order valence-corrected chi connectivity index (χ1v) is 8.97. The van der Waals surface area contributed by atoms with E-state index >= 15 is 0 Å². The van der Waals surface area contributed by atoms with Crippen LogP contribution in [0.25, 0.3) is 11.0 Å². The Labute approximate surface area is 134 Å². The minimum Gasteiger partial charge on any atom is -0.325 e. The molecule has 0 spiro atoms. The van der Waals surface area contributed by atoms with Crippen LogP contribution >= 0.6 is 15.9 Å². The third-order valence-corrected chi connectivity index (χ3v) is 5.36. The lowest BCUT2D eigenvalue weighted by molar-refractivity contribution is 0.351. The highest BCUT2D eigenvalue weighted by molar-refractivity contribution is 9.10. The number of nitrogens with zero attached hydrogens (tertiary/aromatic N) is 2. The molecule has 4 rings (SSSR count). The summed E-state index contributed by atoms with van der Waals surface area (Å²) in [7, 11) is 0. The molecule has 1 aromatic carbocycles. The number of hydrogen-bond acceptors (Lipinski definition) is 2. The lowest BCUT2D eigenvalue weighted by Gasteiger charge is -2.22. The van der Waals surface area contributed by atoms with Gasteiger partial charge in [-0.3, -0.25) is 0 Å². The van der Waals surface area contributed by atoms with Crippen LogP contribution in [0.3, 0.4) is 0 Å². The van der Waals surface area contributed by atoms with Gasteiger partial charge in [-0.05, 0) is 69.3 Å². The minimum absolute atomic E-state index is 0.708. The van der Waals surface area contributed by atoms with Gasteiger partial charge in [0.1, 0.15) is 5.82 Å². The highest BCUT2D eigenvalue weighted by atomic mass is 79.9. The molecule has 3 nitrogen and oxygen atoms in total. The number of benzene rings is 1. The second-order valence-electron chi connectivity index (χ2n) is 6.49. The van der Waals surface area contributed by atoms with E-state index in [2.05, 4.69) is 44.0 Å². The van der Waals surface area contributed by atoms with Gasteiger partial charge in [-0.25, -0.2) is 4.98 Å². The van der Waals surface area contributed by atoms with Gasteiger partial charge in [0.05, 0.1) is 11.0 Å². The fraction of sp³-hybridized carbons (Fsp3) is 0.588. The van der Waals surface area contributed by atoms with Crippen molar-refractivity contribution in [3.05, 3.63) is 28.5 Å². The maximum Gasteiger partial charge on any atom is 0.110 e. The van der Waals surface area contributed by atoms with E-state index < -0.39 is 0 Å². The molecular formula is C17H22BrN3. The van der Waals surface area contributed by atoms with Crippen molar-refractivity contribution in [3.8, 4) is 0 Å². The van der Waals surface area contributed by atoms with Gasteiger partial charge < -0.3 is 9.88 Å². The fourth-order valence-electron chi connectivity index (χ4n) is 3.54. The molecule has 112 valence electrons. The lowest BCUT2D eigenvalue weighted by Crippen LogP contribution is -2.28. The molecule has 1 aliphatic heterocycles. The number of halogens is 1. The SMILES string of the molecule is Brc1ccc2c(c1)nc(CCC1CCNCC1)n2C1CC1. The first-order chi connectivity index (χ1) is 10.3. The molecule has 1 aromatic heterocycles. The molecule has 2 aromatic rings. The van der Waals surface area contributed by atoms with Crippen molar-refractivity contribution in [1.29, 1.82) is 0 Å². The van der Waals surface area contributed by atoms with Gasteiger partial charge in [-0.2, -0.15) is 0 Å². The molecule has 1 aliphatic carbocycles. The van der Waals surface area contributed by atoms with Crippen molar-refractivity contribution in [1.82, 2.24) is 14.9 Å². The van der Waals surface area contributed by atoms with E-state index in [1.54, 1.807) is 0 Å². The van der Waals surface area contributed by atoms with Crippen molar-refractivity contribution < 1.29 is 0 Å². The van der Waals surface area contributed by atoms with Crippen LogP contribution in [-0.4, -0.2) is 22.6 Å². The molecule has 0 atom stereocenters. The zero-order chi connectivity index (χ0) is 14.2. The number of aromatic nitrogens is 2. The number of imidazole rings is 1. The Kier molecular flexibility index (Phi) is 3.76. The van der Waals surface area contributed by atoms with Crippen LogP contribution in [0.15, 0.2) is 22.7 Å². The Bertz CT molecular complexity index is 639. The van der Waals surface area contributed by atoms with Gasteiger partial charge in [0.25, 0.3) is 0 Å². The number of rotatable bonds is 4. The molecule has 0 bridgehead atoms. The predicted molar refractivity (Wildman–Crippen MR) is 89.6 cm³/mol. The number of aryl methyl sites for hydroxylation is 1. The Morgan fingerprint density at radius 2 is 2.00 bits per heavy atom. The highest BCUT2D eigenvalue weighted by Gasteiger charge is 2.28. The third kappa shape index (κ3) is 2.88. The second-order valence-corrected chi connectivity index (χ2v) is 7.41. The van der Waals surface area contributed by atoms with E-state index in [0.717, 1.165) is 22.3 Å². The van der Waals surface area contributed by atoms with E-state index in [0.29, 0.717) is 6.04 Å². The minimum atomic E-state index is 0.708. The molecule has 4 heteroatoms. The molecule has 0 unspecified atom stereocenters. The van der Waals surface area contributed by atoms with Gasteiger partial charge >= 0.3 is 0 Å². The summed E-state index contributed by atoms with van der Waals surface area (Å²) in [6.45, 7) is 2.38. The molecule has 1 N–H and O–H groups in total. The van der Waals surface area contributed by atoms with E-state index in [1.165, 1.54) is 56.5 Å². The normalized spacial score (nSPS) is 20.2. The van der Waals surface area contributed by atoms with Gasteiger partial charge in [0.15, 0.2) is 0 Å². The van der Waals surface area contributed by atoms with Crippen LogP contribution in [-0.2, 0) is 6.42 Å². The quantitative estimate of drug-likeness (QED) is 0.903. The molecule has 0 radical (unpaired) electrons. The van der Waals surface area contributed by atoms with Crippen molar-refractivity contribution in [2.75, 3.05) is 13.1 Å². The lowest BCUT2D eigenvalue weighted by atomic mass is 9.93. The molecule has 1 saturated heterocycles. The second kappa shape index (κ2) is 5.73. The van der Waals surface area contributed by atoms with Crippen molar-refractivity contribution in [2.24, 2.45) is 5.92 Å². The first-order valence-electron chi connectivity index (χ1n) is 8.18. The van der Waals surface area contributed by atoms with Gasteiger partial charge in [0.2, 0.25) is 0 Å². The summed E-state index contributed by atoms with van der Waals surface area (Å²) < 4.78 is 3.64. The fourth-order valence-corrected chi connectivity index (χ4v) is 3.89. The molecule has 2 fully saturated rings. The standard InChI is InChI=1S/C17H22BrN3/c18-13-2-5-16-15(11-13)20-17(21(16)14-3-4-14)6-1-12-7-9-19-10-8-12/h2,5,11-12,14,19H,1,3-4,6-10H2. The van der Waals surface area contributed by atoms with Gasteiger partial charge in [-0.1, -0.05) is 15.9 Å². The van der Waals surface area contributed by atoms with Crippen LogP contribution in [0, 0.1) is 5.92 Å². The van der Waals surface area contributed by atoms with E-state index in [4.69, 9.17) is 4.98 Å². The average molecular weight is 348 g/mol. The van der Waals surface area contributed by atoms with E-state index in [-0.39, 0.29) is 0 Å². The Hall–Kier alpha value is -0.870. The van der Waals surface area contributed by atoms with Crippen LogP contribution in [0.5, 0.6) is 0 Å². The summed E-state index contributed by atoms with van der Waals surface area (Å²) in [4.78, 5) is 4.94. The molecule has 2 aliphatic rings. The largest absolute Gasteiger partial charge is 0.325 e. The summed E-state index contributed by atoms with van der Waals surface area (Å²) in [5.74, 6) is 2.19. The zero-order valence-electron chi connectivity index (χ0n) is 12.3. The smallest absolute Gasteiger partial charge is 0.110 e. The first kappa shape index (κ1) is 13.8. The van der Waals surface area contributed by atoms with Crippen LogP contribution in [0.4, 0.5) is 0 Å². The molecule has 2 heterocycles. The summed E-state index contributed by atoms with van der Waals surface area (Å²) in [6.07, 6.45) is 7.72. The average Bonchev–Trinajstić information content (AvgIpc) is 3.27. The number of piperidine rings is 1. The summed E-state index contributed by atoms with van der Waals surface area (Å²) in [6, 6.07) is 7.22. The Morgan fingerprint density at radius 3 is 2.76 bits per heavy atom. The van der Waals surface area contributed by atoms with Gasteiger partial charge in [0, 0.05) is 16.9 Å². The van der Waals surface area contributed by atoms with Crippen molar-refractivity contribution >= 4 is 27.0 Å². The topological polar surface area (TPSA) is 29.9 Å². The Balaban J connectivity index is 1.59. The van der Waals surface area contributed by atoms with Crippen molar-refractivity contribution in [2.45, 2.75) is 44.6 Å². The predicted octanol–water partition coefficient (Wildman–Crippen LogP) is 4.07. The summed E-state index contributed by atoms with van der Waals surface area (Å²) in [5, 5.41) is 3.45. The van der Waals surface area contributed by atoms with Crippen LogP contribution in [0.1, 0.15) is 44.0 Å². The summed E-state index contributed by atoms with van der Waals surface area (Å²) in [5.41, 5.74) is 2.47. The molecule has 0 amide bonds. The highest BCUT2D eigenvalue weighted by Crippen LogP contribution is 2.39. The molecule has 21 heavy (non-hydrogen) atoms. The Morgan fingerprint density at radius 1 is 1.19 bits per heavy atom.